The second-order valence-corrected chi connectivity index (χ2v) is 9.35. The van der Waals surface area contributed by atoms with Gasteiger partial charge in [0.1, 0.15) is 10.7 Å². The van der Waals surface area contributed by atoms with Crippen LogP contribution in [0.2, 0.25) is 10.0 Å². The Kier molecular flexibility index (Phi) is 7.17. The molecule has 0 saturated heterocycles. The highest BCUT2D eigenvalue weighted by Crippen LogP contribution is 2.35. The van der Waals surface area contributed by atoms with E-state index in [-0.39, 0.29) is 33.3 Å². The van der Waals surface area contributed by atoms with Crippen LogP contribution in [0.5, 0.6) is 0 Å². The predicted molar refractivity (Wildman–Crippen MR) is 140 cm³/mol. The van der Waals surface area contributed by atoms with Crippen LogP contribution in [0.15, 0.2) is 77.5 Å². The summed E-state index contributed by atoms with van der Waals surface area (Å²) in [6.07, 6.45) is 0. The van der Waals surface area contributed by atoms with Gasteiger partial charge in [-0.2, -0.15) is 0 Å². The summed E-state index contributed by atoms with van der Waals surface area (Å²) in [7, 11) is 0. The fraction of sp³-hybridized carbons (Fsp3) is 0.115. The first-order chi connectivity index (χ1) is 16.7. The van der Waals surface area contributed by atoms with Gasteiger partial charge < -0.3 is 10.6 Å². The zero-order valence-corrected chi connectivity index (χ0v) is 21.0. The molecule has 0 aliphatic carbocycles. The van der Waals surface area contributed by atoms with Crippen molar-refractivity contribution in [2.75, 3.05) is 15.5 Å². The molecule has 0 spiro atoms. The average molecular weight is 529 g/mol. The van der Waals surface area contributed by atoms with E-state index in [2.05, 4.69) is 10.6 Å². The number of imide groups is 1. The fourth-order valence-corrected chi connectivity index (χ4v) is 4.39. The van der Waals surface area contributed by atoms with E-state index in [1.807, 2.05) is 38.1 Å². The monoisotopic (exact) mass is 527 g/mol. The largest absolute Gasteiger partial charge is 0.350 e. The van der Waals surface area contributed by atoms with Crippen molar-refractivity contribution in [3.63, 3.8) is 0 Å². The van der Waals surface area contributed by atoms with Crippen molar-refractivity contribution in [1.82, 2.24) is 0 Å². The Morgan fingerprint density at radius 1 is 0.886 bits per heavy atom. The molecule has 0 aromatic heterocycles. The number of nitrogens with one attached hydrogen (secondary N) is 2. The van der Waals surface area contributed by atoms with E-state index in [0.717, 1.165) is 16.2 Å². The molecule has 0 bridgehead atoms. The highest BCUT2D eigenvalue weighted by Gasteiger charge is 2.39. The third-order valence-corrected chi connectivity index (χ3v) is 6.29. The Bertz CT molecular complexity index is 1390. The molecule has 1 aliphatic rings. The van der Waals surface area contributed by atoms with Crippen LogP contribution in [0.3, 0.4) is 0 Å². The Balaban J connectivity index is 1.56. The first-order valence-corrected chi connectivity index (χ1v) is 11.8. The maximum Gasteiger partial charge on any atom is 0.283 e. The smallest absolute Gasteiger partial charge is 0.283 e. The summed E-state index contributed by atoms with van der Waals surface area (Å²) in [5.41, 5.74) is 2.56. The molecule has 178 valence electrons. The van der Waals surface area contributed by atoms with E-state index < -0.39 is 11.8 Å². The number of hydrogen-bond acceptors (Lipinski definition) is 4. The maximum absolute atomic E-state index is 13.1. The summed E-state index contributed by atoms with van der Waals surface area (Å²) in [5, 5.41) is 6.01. The van der Waals surface area contributed by atoms with Gasteiger partial charge in [0, 0.05) is 22.0 Å². The number of amides is 3. The zero-order valence-electron chi connectivity index (χ0n) is 18.7. The van der Waals surface area contributed by atoms with E-state index in [1.165, 1.54) is 18.2 Å². The number of rotatable bonds is 6. The standard InChI is InChI=1S/C26H20Cl3N3O3/c1-14(2)18-8-3-4-9-20(18)31-24(33)15-6-5-7-17(12-15)30-23-22(29)25(34)32(26(23)35)21-11-10-16(27)13-19(21)28/h3-14,30H,1-2H3,(H,31,33). The van der Waals surface area contributed by atoms with Crippen molar-refractivity contribution in [2.24, 2.45) is 0 Å². The van der Waals surface area contributed by atoms with Crippen LogP contribution in [-0.2, 0) is 9.59 Å². The van der Waals surface area contributed by atoms with Gasteiger partial charge in [-0.1, -0.05) is 72.9 Å². The van der Waals surface area contributed by atoms with E-state index >= 15 is 0 Å². The van der Waals surface area contributed by atoms with Crippen LogP contribution in [-0.4, -0.2) is 17.7 Å². The number of nitrogens with zero attached hydrogens (tertiary/aromatic N) is 1. The van der Waals surface area contributed by atoms with Gasteiger partial charge >= 0.3 is 0 Å². The minimum atomic E-state index is -0.720. The molecule has 0 radical (unpaired) electrons. The number of anilines is 3. The van der Waals surface area contributed by atoms with Crippen molar-refractivity contribution in [1.29, 1.82) is 0 Å². The number of halogens is 3. The van der Waals surface area contributed by atoms with Crippen LogP contribution >= 0.6 is 34.8 Å². The number of para-hydroxylation sites is 1. The maximum atomic E-state index is 13.1. The van der Waals surface area contributed by atoms with Crippen LogP contribution in [0.1, 0.15) is 35.7 Å². The molecule has 0 fully saturated rings. The van der Waals surface area contributed by atoms with Gasteiger partial charge in [-0.25, -0.2) is 4.90 Å². The minimum Gasteiger partial charge on any atom is -0.350 e. The van der Waals surface area contributed by atoms with Gasteiger partial charge in [0.2, 0.25) is 0 Å². The molecule has 35 heavy (non-hydrogen) atoms. The highest BCUT2D eigenvalue weighted by molar-refractivity contribution is 6.54. The molecule has 1 heterocycles. The quantitative estimate of drug-likeness (QED) is 0.345. The lowest BCUT2D eigenvalue weighted by Crippen LogP contribution is -2.32. The Morgan fingerprint density at radius 3 is 2.34 bits per heavy atom. The van der Waals surface area contributed by atoms with E-state index in [1.54, 1.807) is 24.3 Å². The second kappa shape index (κ2) is 10.1. The molecule has 0 atom stereocenters. The number of benzene rings is 3. The number of hydrogen-bond donors (Lipinski definition) is 2. The topological polar surface area (TPSA) is 78.5 Å². The lowest BCUT2D eigenvalue weighted by Gasteiger charge is -2.17. The second-order valence-electron chi connectivity index (χ2n) is 8.13. The molecule has 0 saturated carbocycles. The van der Waals surface area contributed by atoms with Crippen LogP contribution < -0.4 is 15.5 Å². The molecule has 4 rings (SSSR count). The third kappa shape index (κ3) is 5.05. The first-order valence-electron chi connectivity index (χ1n) is 10.7. The summed E-state index contributed by atoms with van der Waals surface area (Å²) >= 11 is 18.3. The highest BCUT2D eigenvalue weighted by atomic mass is 35.5. The summed E-state index contributed by atoms with van der Waals surface area (Å²) in [6, 6.07) is 18.5. The third-order valence-electron chi connectivity index (χ3n) is 5.40. The van der Waals surface area contributed by atoms with Crippen LogP contribution in [0.4, 0.5) is 17.1 Å². The summed E-state index contributed by atoms with van der Waals surface area (Å²) in [6.45, 7) is 4.10. The molecular formula is C26H20Cl3N3O3. The van der Waals surface area contributed by atoms with Crippen molar-refractivity contribution in [3.05, 3.63) is 98.6 Å². The SMILES string of the molecule is CC(C)c1ccccc1NC(=O)c1cccc(NC2=C(Cl)C(=O)N(c3ccc(Cl)cc3Cl)C2=O)c1. The number of carbonyl (C=O) groups is 3. The van der Waals surface area contributed by atoms with E-state index in [0.29, 0.717) is 16.3 Å². The van der Waals surface area contributed by atoms with E-state index in [4.69, 9.17) is 34.8 Å². The Morgan fingerprint density at radius 2 is 1.63 bits per heavy atom. The van der Waals surface area contributed by atoms with Crippen LogP contribution in [0, 0.1) is 0 Å². The molecule has 3 aromatic rings. The Hall–Kier alpha value is -3.32. The normalized spacial score (nSPS) is 13.6. The van der Waals surface area contributed by atoms with Crippen LogP contribution in [0.25, 0.3) is 0 Å². The molecule has 9 heteroatoms. The summed E-state index contributed by atoms with van der Waals surface area (Å²) < 4.78 is 0. The molecule has 6 nitrogen and oxygen atoms in total. The Labute approximate surface area is 217 Å². The van der Waals surface area contributed by atoms with Gasteiger partial charge in [0.05, 0.1) is 10.7 Å². The van der Waals surface area contributed by atoms with Crippen molar-refractivity contribution < 1.29 is 14.4 Å². The molecular weight excluding hydrogens is 509 g/mol. The molecule has 2 N–H and O–H groups in total. The molecule has 3 aromatic carbocycles. The van der Waals surface area contributed by atoms with E-state index in [9.17, 15) is 14.4 Å². The fourth-order valence-electron chi connectivity index (χ4n) is 3.68. The van der Waals surface area contributed by atoms with Gasteiger partial charge in [-0.15, -0.1) is 0 Å². The van der Waals surface area contributed by atoms with Crippen molar-refractivity contribution in [3.8, 4) is 0 Å². The number of carbonyl (C=O) groups excluding carboxylic acids is 3. The van der Waals surface area contributed by atoms with Crippen molar-refractivity contribution >= 4 is 69.6 Å². The van der Waals surface area contributed by atoms with Gasteiger partial charge in [0.15, 0.2) is 0 Å². The van der Waals surface area contributed by atoms with Gasteiger partial charge in [0.25, 0.3) is 17.7 Å². The average Bonchev–Trinajstić information content (AvgIpc) is 3.03. The minimum absolute atomic E-state index is 0.120. The lowest BCUT2D eigenvalue weighted by atomic mass is 10.0. The predicted octanol–water partition coefficient (Wildman–Crippen LogP) is 6.80. The zero-order chi connectivity index (χ0) is 25.3. The molecule has 3 amide bonds. The summed E-state index contributed by atoms with van der Waals surface area (Å²) in [4.78, 5) is 39.6. The molecule has 1 aliphatic heterocycles. The molecule has 0 unspecified atom stereocenters. The lowest BCUT2D eigenvalue weighted by molar-refractivity contribution is -0.120. The van der Waals surface area contributed by atoms with Gasteiger partial charge in [-0.05, 0) is 53.9 Å². The summed E-state index contributed by atoms with van der Waals surface area (Å²) in [5.74, 6) is -1.48. The van der Waals surface area contributed by atoms with Gasteiger partial charge in [-0.3, -0.25) is 14.4 Å². The van der Waals surface area contributed by atoms with Crippen molar-refractivity contribution in [2.45, 2.75) is 19.8 Å². The first kappa shape index (κ1) is 24.8.